The van der Waals surface area contributed by atoms with Gasteiger partial charge in [-0.15, -0.1) is 0 Å². The van der Waals surface area contributed by atoms with Crippen LogP contribution in [0.4, 0.5) is 0 Å². The fraction of sp³-hybridized carbons (Fsp3) is 0.0270. The van der Waals surface area contributed by atoms with Crippen LogP contribution in [0.5, 0.6) is 0 Å². The van der Waals surface area contributed by atoms with Crippen molar-refractivity contribution in [3.8, 4) is 0 Å². The van der Waals surface area contributed by atoms with Crippen molar-refractivity contribution in [2.24, 2.45) is 0 Å². The Balaban J connectivity index is 1.59. The summed E-state index contributed by atoms with van der Waals surface area (Å²) in [6, 6.07) is 64.8. The van der Waals surface area contributed by atoms with Crippen molar-refractivity contribution in [2.45, 2.75) is 14.9 Å². The average Bonchev–Trinajstić information content (AvgIpc) is 3.11. The molecule has 0 N–H and O–H groups in total. The molecule has 0 saturated heterocycles. The summed E-state index contributed by atoms with van der Waals surface area (Å²) in [6.45, 7) is 0. The summed E-state index contributed by atoms with van der Waals surface area (Å²) < 4.78 is 19.5. The van der Waals surface area contributed by atoms with E-state index in [-0.39, 0.29) is 34.2 Å². The van der Waals surface area contributed by atoms with Gasteiger partial charge in [0, 0.05) is 0 Å². The van der Waals surface area contributed by atoms with Gasteiger partial charge in [0.25, 0.3) is 0 Å². The molecule has 8 heteroatoms. The van der Waals surface area contributed by atoms with Gasteiger partial charge in [0.1, 0.15) is 0 Å². The quantitative estimate of drug-likeness (QED) is 0.0862. The first kappa shape index (κ1) is 33.1. The van der Waals surface area contributed by atoms with E-state index in [2.05, 4.69) is 182 Å². The fourth-order valence-electron chi connectivity index (χ4n) is 5.12. The summed E-state index contributed by atoms with van der Waals surface area (Å²) in [5, 5.41) is 0.424. The van der Waals surface area contributed by atoms with E-state index in [1.807, 2.05) is 22.8 Å². The molecule has 0 aliphatic carbocycles. The van der Waals surface area contributed by atoms with Gasteiger partial charge in [0.05, 0.1) is 0 Å². The normalized spacial score (nSPS) is 12.7. The van der Waals surface area contributed by atoms with E-state index in [9.17, 15) is 0 Å². The third-order valence-electron chi connectivity index (χ3n) is 7.24. The molecular formula is C37H35OP3S2Se2. The Morgan fingerprint density at radius 1 is 0.444 bits per heavy atom. The minimum atomic E-state index is -3.08. The van der Waals surface area contributed by atoms with Crippen LogP contribution in [0.1, 0.15) is 0 Å². The van der Waals surface area contributed by atoms with Crippen LogP contribution in [0.3, 0.4) is 0 Å². The first-order chi connectivity index (χ1) is 22.2. The summed E-state index contributed by atoms with van der Waals surface area (Å²) in [4.78, 5) is 2.56. The van der Waals surface area contributed by atoms with Gasteiger partial charge in [-0.1, -0.05) is 0 Å². The average molecular weight is 811 g/mol. The molecule has 45 heavy (non-hydrogen) atoms. The topological polar surface area (TPSA) is 17.1 Å². The van der Waals surface area contributed by atoms with Gasteiger partial charge in [0.2, 0.25) is 0 Å². The zero-order chi connectivity index (χ0) is 30.7. The van der Waals surface area contributed by atoms with Crippen LogP contribution in [-0.2, 0) is 4.57 Å². The molecule has 1 unspecified atom stereocenters. The molecule has 0 saturated carbocycles. The predicted octanol–water partition coefficient (Wildman–Crippen LogP) is 8.48. The Kier molecular flexibility index (Phi) is 12.4. The predicted molar refractivity (Wildman–Crippen MR) is 211 cm³/mol. The van der Waals surface area contributed by atoms with E-state index in [0.717, 1.165) is 10.6 Å². The third kappa shape index (κ3) is 8.74. The summed E-state index contributed by atoms with van der Waals surface area (Å²) in [7, 11) is -3.08. The zero-order valence-electron chi connectivity index (χ0n) is 24.5. The molecule has 228 valence electrons. The molecule has 0 heterocycles. The van der Waals surface area contributed by atoms with Gasteiger partial charge in [-0.25, -0.2) is 0 Å². The molecule has 0 spiro atoms. The Hall–Kier alpha value is -1.85. The molecule has 1 atom stereocenters. The van der Waals surface area contributed by atoms with Crippen LogP contribution in [-0.4, -0.2) is 34.2 Å². The van der Waals surface area contributed by atoms with Crippen molar-refractivity contribution in [1.82, 2.24) is 0 Å². The number of hydrogen-bond acceptors (Lipinski definition) is 3. The Bertz CT molecular complexity index is 1570. The number of benzene rings is 6. The van der Waals surface area contributed by atoms with Gasteiger partial charge < -0.3 is 0 Å². The second-order valence-corrected chi connectivity index (χ2v) is 41.1. The van der Waals surface area contributed by atoms with Crippen LogP contribution in [0.2, 0.25) is 0 Å². The molecule has 6 aromatic rings. The summed E-state index contributed by atoms with van der Waals surface area (Å²) in [5.41, 5.74) is 0. The molecule has 6 aromatic carbocycles. The third-order valence-corrected chi connectivity index (χ3v) is 53.8. The van der Waals surface area contributed by atoms with Crippen LogP contribution < -0.4 is 19.5 Å². The first-order valence-electron chi connectivity index (χ1n) is 14.8. The summed E-state index contributed by atoms with van der Waals surface area (Å²) in [5.74, 6) is 0. The maximum absolute atomic E-state index is 16.6. The molecular weight excluding hydrogens is 775 g/mol. The van der Waals surface area contributed by atoms with Crippen LogP contribution in [0.15, 0.2) is 192 Å². The summed E-state index contributed by atoms with van der Waals surface area (Å²) in [6.07, 6.45) is -1.94. The molecule has 0 radical (unpaired) electrons. The SMILES string of the molecule is O=P(c1ccccc1)(c1ccccc1)C([PH2](Sc1ccccc1)Sc1ccccc1)[PH2]([Se]c1ccccc1)[Se]c1ccccc1. The van der Waals surface area contributed by atoms with E-state index in [4.69, 9.17) is 0 Å². The van der Waals surface area contributed by atoms with Gasteiger partial charge in [0.15, 0.2) is 0 Å². The number of hydrogen-bond donors (Lipinski definition) is 0. The Morgan fingerprint density at radius 2 is 0.756 bits per heavy atom. The Morgan fingerprint density at radius 3 is 1.11 bits per heavy atom. The second-order valence-electron chi connectivity index (χ2n) is 10.3. The molecule has 0 amide bonds. The van der Waals surface area contributed by atoms with Gasteiger partial charge >= 0.3 is 292 Å². The molecule has 0 aliphatic heterocycles. The maximum atomic E-state index is 16.6. The van der Waals surface area contributed by atoms with Crippen molar-refractivity contribution in [2.75, 3.05) is 0 Å². The minimum absolute atomic E-state index is 0.137. The van der Waals surface area contributed by atoms with Crippen LogP contribution in [0.25, 0.3) is 0 Å². The van der Waals surface area contributed by atoms with Gasteiger partial charge in [-0.05, 0) is 0 Å². The van der Waals surface area contributed by atoms with Crippen molar-refractivity contribution < 1.29 is 4.57 Å². The van der Waals surface area contributed by atoms with Crippen LogP contribution >= 0.6 is 41.5 Å². The molecule has 0 bridgehead atoms. The molecule has 0 aromatic heterocycles. The fourth-order valence-corrected chi connectivity index (χ4v) is 72.0. The van der Waals surface area contributed by atoms with Crippen molar-refractivity contribution in [3.05, 3.63) is 182 Å². The van der Waals surface area contributed by atoms with Gasteiger partial charge in [-0.2, -0.15) is 0 Å². The Labute approximate surface area is 289 Å². The number of rotatable bonds is 13. The van der Waals surface area contributed by atoms with E-state index >= 15 is 4.57 Å². The van der Waals surface area contributed by atoms with E-state index in [0.29, 0.717) is 0 Å². The molecule has 1 nitrogen and oxygen atoms in total. The van der Waals surface area contributed by atoms with E-state index < -0.39 is 18.8 Å². The second kappa shape index (κ2) is 16.8. The molecule has 0 fully saturated rings. The van der Waals surface area contributed by atoms with E-state index in [1.165, 1.54) is 18.7 Å². The van der Waals surface area contributed by atoms with Gasteiger partial charge in [-0.3, -0.25) is 0 Å². The monoisotopic (exact) mass is 812 g/mol. The van der Waals surface area contributed by atoms with E-state index in [1.54, 1.807) is 0 Å². The first-order valence-corrected chi connectivity index (χ1v) is 31.1. The van der Waals surface area contributed by atoms with Crippen molar-refractivity contribution in [3.63, 3.8) is 0 Å². The summed E-state index contributed by atoms with van der Waals surface area (Å²) >= 11 is 4.58. The zero-order valence-corrected chi connectivity index (χ0v) is 32.8. The van der Waals surface area contributed by atoms with Crippen molar-refractivity contribution >= 4 is 90.1 Å². The van der Waals surface area contributed by atoms with Crippen LogP contribution in [0, 0.1) is 0 Å². The molecule has 0 aliphatic rings. The van der Waals surface area contributed by atoms with Crippen molar-refractivity contribution in [1.29, 1.82) is 0 Å². The molecule has 6 rings (SSSR count). The standard InChI is InChI=1S/C37H35OP3S2Se2/c38-41(31-19-7-1-8-20-31,32-21-9-2-10-22-32)37(39(42-33-23-11-3-12-24-33)43-34-25-13-4-14-26-34)40(44-35-27-15-5-16-28-35)45-36-29-17-6-18-30-36/h1-30,37H,39-40H2.